The van der Waals surface area contributed by atoms with Crippen molar-refractivity contribution in [2.75, 3.05) is 27.4 Å². The lowest BCUT2D eigenvalue weighted by atomic mass is 10.1. The quantitative estimate of drug-likeness (QED) is 0.846. The molecule has 0 unspecified atom stereocenters. The molecule has 0 radical (unpaired) electrons. The molecule has 116 valence electrons. The fourth-order valence-corrected chi connectivity index (χ4v) is 3.20. The van der Waals surface area contributed by atoms with E-state index >= 15 is 0 Å². The van der Waals surface area contributed by atoms with Gasteiger partial charge in [0.1, 0.15) is 0 Å². The Hall–Kier alpha value is -0.950. The average molecular weight is 358 g/mol. The third-order valence-corrected chi connectivity index (χ3v) is 4.59. The summed E-state index contributed by atoms with van der Waals surface area (Å²) in [5.41, 5.74) is 1.35. The second-order valence-corrected chi connectivity index (χ2v) is 6.10. The van der Waals surface area contributed by atoms with Crippen molar-refractivity contribution >= 4 is 21.9 Å². The zero-order chi connectivity index (χ0) is 15.4. The smallest absolute Gasteiger partial charge is 0.335 e. The Morgan fingerprint density at radius 2 is 2.24 bits per heavy atom. The number of aromatic carboxylic acids is 1. The number of rotatable bonds is 6. The van der Waals surface area contributed by atoms with Crippen LogP contribution in [-0.2, 0) is 16.0 Å². The highest BCUT2D eigenvalue weighted by molar-refractivity contribution is 9.10. The number of nitrogens with zero attached hydrogens (tertiary/aromatic N) is 1. The summed E-state index contributed by atoms with van der Waals surface area (Å²) < 4.78 is 11.5. The summed E-state index contributed by atoms with van der Waals surface area (Å²) in [5.74, 6) is -0.917. The Labute approximate surface area is 133 Å². The van der Waals surface area contributed by atoms with Crippen LogP contribution in [0.2, 0.25) is 0 Å². The van der Waals surface area contributed by atoms with Crippen molar-refractivity contribution in [2.45, 2.75) is 25.1 Å². The van der Waals surface area contributed by atoms with Gasteiger partial charge in [0.2, 0.25) is 0 Å². The molecule has 5 nitrogen and oxygen atoms in total. The van der Waals surface area contributed by atoms with Gasteiger partial charge in [-0.2, -0.15) is 0 Å². The molecule has 0 amide bonds. The van der Waals surface area contributed by atoms with Crippen LogP contribution in [0.3, 0.4) is 0 Å². The van der Waals surface area contributed by atoms with Crippen molar-refractivity contribution < 1.29 is 19.4 Å². The number of hydrogen-bond donors (Lipinski definition) is 1. The maximum absolute atomic E-state index is 11.0. The summed E-state index contributed by atoms with van der Waals surface area (Å²) in [6.07, 6.45) is 1.18. The zero-order valence-corrected chi connectivity index (χ0v) is 13.8. The van der Waals surface area contributed by atoms with Gasteiger partial charge in [0.15, 0.2) is 0 Å². The van der Waals surface area contributed by atoms with Gasteiger partial charge in [-0.15, -0.1) is 0 Å². The molecule has 0 spiro atoms. The third kappa shape index (κ3) is 4.03. The molecule has 1 fully saturated rings. The summed E-state index contributed by atoms with van der Waals surface area (Å²) in [6.45, 7) is 2.27. The largest absolute Gasteiger partial charge is 0.478 e. The van der Waals surface area contributed by atoms with Crippen LogP contribution in [0.25, 0.3) is 0 Å². The maximum Gasteiger partial charge on any atom is 0.335 e. The number of carboxylic acids is 1. The van der Waals surface area contributed by atoms with Gasteiger partial charge in [0.05, 0.1) is 18.3 Å². The molecular weight excluding hydrogens is 338 g/mol. The van der Waals surface area contributed by atoms with Crippen LogP contribution in [0, 0.1) is 0 Å². The van der Waals surface area contributed by atoms with E-state index in [2.05, 4.69) is 20.8 Å². The molecule has 1 aromatic carbocycles. The topological polar surface area (TPSA) is 59.0 Å². The third-order valence-electron chi connectivity index (χ3n) is 3.86. The molecule has 0 aromatic heterocycles. The van der Waals surface area contributed by atoms with Gasteiger partial charge in [-0.05, 0) is 24.1 Å². The van der Waals surface area contributed by atoms with Crippen molar-refractivity contribution in [1.29, 1.82) is 0 Å². The minimum Gasteiger partial charge on any atom is -0.478 e. The minimum absolute atomic E-state index is 0.224. The lowest BCUT2D eigenvalue weighted by Crippen LogP contribution is -2.32. The minimum atomic E-state index is -0.917. The van der Waals surface area contributed by atoms with E-state index in [9.17, 15) is 4.79 Å². The van der Waals surface area contributed by atoms with Crippen LogP contribution < -0.4 is 0 Å². The predicted octanol–water partition coefficient (Wildman–Crippen LogP) is 2.38. The van der Waals surface area contributed by atoms with Crippen molar-refractivity contribution in [3.8, 4) is 0 Å². The molecule has 0 bridgehead atoms. The van der Waals surface area contributed by atoms with Crippen molar-refractivity contribution in [3.05, 3.63) is 33.8 Å². The lowest BCUT2D eigenvalue weighted by molar-refractivity contribution is 0.0696. The number of benzene rings is 1. The highest BCUT2D eigenvalue weighted by Crippen LogP contribution is 2.26. The van der Waals surface area contributed by atoms with Crippen molar-refractivity contribution in [1.82, 2.24) is 4.90 Å². The number of ether oxygens (including phenoxy) is 2. The van der Waals surface area contributed by atoms with Crippen molar-refractivity contribution in [2.24, 2.45) is 0 Å². The summed E-state index contributed by atoms with van der Waals surface area (Å²) in [7, 11) is 3.44. The molecule has 1 aliphatic heterocycles. The highest BCUT2D eigenvalue weighted by Gasteiger charge is 2.32. The van der Waals surface area contributed by atoms with E-state index in [-0.39, 0.29) is 11.7 Å². The monoisotopic (exact) mass is 357 g/mol. The molecular formula is C15H20BrNO4. The summed E-state index contributed by atoms with van der Waals surface area (Å²) in [5, 5.41) is 9.00. The molecule has 1 heterocycles. The number of likely N-dealkylation sites (tertiary alicyclic amines) is 1. The molecule has 1 N–H and O–H groups in total. The Balaban J connectivity index is 2.11. The zero-order valence-electron chi connectivity index (χ0n) is 12.2. The first-order valence-electron chi connectivity index (χ1n) is 6.82. The van der Waals surface area contributed by atoms with E-state index in [4.69, 9.17) is 14.6 Å². The van der Waals surface area contributed by atoms with E-state index in [0.717, 1.165) is 29.5 Å². The number of carbonyl (C=O) groups is 1. The van der Waals surface area contributed by atoms with Crippen LogP contribution in [-0.4, -0.2) is 55.5 Å². The fourth-order valence-electron chi connectivity index (χ4n) is 2.70. The summed E-state index contributed by atoms with van der Waals surface area (Å²) in [4.78, 5) is 13.3. The SMILES string of the molecule is COC[C@@H]1C[C@H](OC)CN1Cc1ccc(C(=O)O)cc1Br. The molecule has 2 rings (SSSR count). The molecule has 1 aromatic rings. The van der Waals surface area contributed by atoms with E-state index in [1.54, 1.807) is 26.4 Å². The van der Waals surface area contributed by atoms with Gasteiger partial charge < -0.3 is 14.6 Å². The molecule has 0 saturated carbocycles. The first-order valence-corrected chi connectivity index (χ1v) is 7.62. The molecule has 6 heteroatoms. The van der Waals surface area contributed by atoms with Gasteiger partial charge in [-0.1, -0.05) is 22.0 Å². The normalized spacial score (nSPS) is 22.6. The van der Waals surface area contributed by atoms with E-state index < -0.39 is 5.97 Å². The van der Waals surface area contributed by atoms with Gasteiger partial charge >= 0.3 is 5.97 Å². The Bertz CT molecular complexity index is 508. The first-order chi connectivity index (χ1) is 10.0. The lowest BCUT2D eigenvalue weighted by Gasteiger charge is -2.24. The second kappa shape index (κ2) is 7.35. The second-order valence-electron chi connectivity index (χ2n) is 5.24. The molecule has 2 atom stereocenters. The first kappa shape index (κ1) is 16.4. The van der Waals surface area contributed by atoms with Gasteiger partial charge in [-0.25, -0.2) is 4.79 Å². The Morgan fingerprint density at radius 3 is 2.81 bits per heavy atom. The number of hydrogen-bond acceptors (Lipinski definition) is 4. The van der Waals surface area contributed by atoms with Gasteiger partial charge in [0.25, 0.3) is 0 Å². The van der Waals surface area contributed by atoms with Gasteiger partial charge in [0, 0.05) is 37.8 Å². The number of carboxylic acid groups (broad SMARTS) is 1. The number of methoxy groups -OCH3 is 2. The molecule has 0 aliphatic carbocycles. The average Bonchev–Trinajstić information content (AvgIpc) is 2.83. The van der Waals surface area contributed by atoms with Crippen LogP contribution >= 0.6 is 15.9 Å². The van der Waals surface area contributed by atoms with Crippen LogP contribution in [0.1, 0.15) is 22.3 Å². The van der Waals surface area contributed by atoms with Crippen LogP contribution in [0.15, 0.2) is 22.7 Å². The van der Waals surface area contributed by atoms with E-state index in [1.165, 1.54) is 0 Å². The van der Waals surface area contributed by atoms with Crippen molar-refractivity contribution in [3.63, 3.8) is 0 Å². The Kier molecular flexibility index (Phi) is 5.75. The molecule has 1 aliphatic rings. The molecule has 1 saturated heterocycles. The summed E-state index contributed by atoms with van der Waals surface area (Å²) in [6, 6.07) is 5.47. The van der Waals surface area contributed by atoms with E-state index in [0.29, 0.717) is 12.6 Å². The summed E-state index contributed by atoms with van der Waals surface area (Å²) >= 11 is 3.46. The highest BCUT2D eigenvalue weighted by atomic mass is 79.9. The Morgan fingerprint density at radius 1 is 1.48 bits per heavy atom. The van der Waals surface area contributed by atoms with E-state index in [1.807, 2.05) is 6.07 Å². The fraction of sp³-hybridized carbons (Fsp3) is 0.533. The standard InChI is InChI=1S/C15H20BrNO4/c1-20-9-12-6-13(21-2)8-17(12)7-11-4-3-10(15(18)19)5-14(11)16/h3-5,12-13H,6-9H2,1-2H3,(H,18,19)/t12-,13-/m0/s1. The number of halogens is 1. The molecule has 21 heavy (non-hydrogen) atoms. The maximum atomic E-state index is 11.0. The van der Waals surface area contributed by atoms with Crippen LogP contribution in [0.5, 0.6) is 0 Å². The van der Waals surface area contributed by atoms with Gasteiger partial charge in [-0.3, -0.25) is 4.90 Å². The van der Waals surface area contributed by atoms with Crippen LogP contribution in [0.4, 0.5) is 0 Å². The predicted molar refractivity (Wildman–Crippen MR) is 82.6 cm³/mol.